The van der Waals surface area contributed by atoms with Gasteiger partial charge < -0.3 is 0 Å². The first kappa shape index (κ1) is 11.2. The number of rotatable bonds is 0. The van der Waals surface area contributed by atoms with Crippen molar-refractivity contribution in [2.24, 2.45) is 0 Å². The molecule has 0 aliphatic rings. The van der Waals surface area contributed by atoms with Crippen LogP contribution in [0.2, 0.25) is 0 Å². The van der Waals surface area contributed by atoms with E-state index in [0.29, 0.717) is 0 Å². The van der Waals surface area contributed by atoms with Gasteiger partial charge in [-0.15, -0.1) is 0 Å². The molecule has 0 atom stereocenters. The second kappa shape index (κ2) is 10.3. The van der Waals surface area contributed by atoms with Crippen LogP contribution in [0.25, 0.3) is 0 Å². The van der Waals surface area contributed by atoms with Gasteiger partial charge in [0.25, 0.3) is 0 Å². The fourth-order valence-electron chi connectivity index (χ4n) is 0. The van der Waals surface area contributed by atoms with Gasteiger partial charge in [-0.1, -0.05) is 0 Å². The molecule has 0 rings (SSSR count). The van der Waals surface area contributed by atoms with Crippen molar-refractivity contribution in [3.63, 3.8) is 0 Å². The third-order valence-electron chi connectivity index (χ3n) is 0. The van der Waals surface area contributed by atoms with Crippen LogP contribution in [0.1, 0.15) is 13.8 Å². The van der Waals surface area contributed by atoms with E-state index in [9.17, 15) is 4.39 Å². The average Bonchev–Trinajstić information content (AvgIpc) is 1.33. The van der Waals surface area contributed by atoms with Crippen LogP contribution in [-0.2, 0) is 0 Å². The first-order valence-electron chi connectivity index (χ1n) is 1.91. The molecule has 7 heavy (non-hydrogen) atoms. The Morgan fingerprint density at radius 2 is 1.43 bits per heavy atom. The zero-order chi connectivity index (χ0) is 6.28. The molecule has 0 saturated heterocycles. The van der Waals surface area contributed by atoms with Gasteiger partial charge in [-0.2, -0.15) is 0 Å². The second-order valence-corrected chi connectivity index (χ2v) is 7.11. The van der Waals surface area contributed by atoms with Gasteiger partial charge >= 0.3 is 36.7 Å². The first-order valence-corrected chi connectivity index (χ1v) is 12.1. The number of hydrogen-bond donors (Lipinski definition) is 0. The molecule has 0 fully saturated rings. The predicted octanol–water partition coefficient (Wildman–Crippen LogP) is 1.83. The monoisotopic (exact) mass is 254 g/mol. The van der Waals surface area contributed by atoms with E-state index in [-0.39, 0.29) is 0 Å². The number of halogens is 3. The molecule has 46 valence electrons. The summed E-state index contributed by atoms with van der Waals surface area (Å²) >= 11 is -1.07. The van der Waals surface area contributed by atoms with Crippen molar-refractivity contribution in [2.75, 3.05) is 0 Å². The number of hydrogen-bond acceptors (Lipinski definition) is 0. The second-order valence-electron chi connectivity index (χ2n) is 1.11. The standard InChI is InChI=1S/C3H7F.2ClH.Sn.2H/c1-3(2)4;;;;;/h3H,1-2H3;2*1H;;;/q;;;+2;;/p-2. The Labute approximate surface area is 61.0 Å². The van der Waals surface area contributed by atoms with Gasteiger partial charge in [0.1, 0.15) is 0 Å². The Morgan fingerprint density at radius 1 is 1.43 bits per heavy atom. The van der Waals surface area contributed by atoms with Gasteiger partial charge in [0.2, 0.25) is 0 Å². The van der Waals surface area contributed by atoms with Crippen molar-refractivity contribution in [3.05, 3.63) is 0 Å². The molecule has 0 N–H and O–H groups in total. The van der Waals surface area contributed by atoms with Gasteiger partial charge in [0.15, 0.2) is 0 Å². The van der Waals surface area contributed by atoms with Crippen LogP contribution in [0.15, 0.2) is 0 Å². The molecule has 0 nitrogen and oxygen atoms in total. The van der Waals surface area contributed by atoms with Crippen LogP contribution in [0, 0.1) is 0 Å². The molecular weight excluding hydrogens is 245 g/mol. The molecule has 0 saturated carbocycles. The minimum absolute atomic E-state index is 0.667. The molecule has 0 aromatic carbocycles. The molecule has 0 aromatic heterocycles. The molecule has 0 heterocycles. The Morgan fingerprint density at radius 3 is 1.43 bits per heavy atom. The summed E-state index contributed by atoms with van der Waals surface area (Å²) in [5, 5.41) is 0. The van der Waals surface area contributed by atoms with Crippen molar-refractivity contribution in [1.82, 2.24) is 0 Å². The van der Waals surface area contributed by atoms with E-state index in [0.717, 1.165) is 0 Å². The molecule has 0 aliphatic carbocycles. The van der Waals surface area contributed by atoms with E-state index in [4.69, 9.17) is 17.8 Å². The van der Waals surface area contributed by atoms with Crippen molar-refractivity contribution < 1.29 is 4.39 Å². The van der Waals surface area contributed by atoms with Crippen molar-refractivity contribution >= 4 is 36.7 Å². The first-order chi connectivity index (χ1) is 3.15. The molecule has 0 aromatic rings. The van der Waals surface area contributed by atoms with Gasteiger partial charge in [-0.3, -0.25) is 0 Å². The van der Waals surface area contributed by atoms with Crippen LogP contribution in [0.5, 0.6) is 0 Å². The Hall–Kier alpha value is 1.31. The summed E-state index contributed by atoms with van der Waals surface area (Å²) in [6, 6.07) is 0. The summed E-state index contributed by atoms with van der Waals surface area (Å²) in [7, 11) is 9.95. The molecule has 4 heteroatoms. The average molecular weight is 254 g/mol. The Bertz CT molecular complexity index is 24.1. The predicted molar refractivity (Wildman–Crippen MR) is 36.5 cm³/mol. The van der Waals surface area contributed by atoms with Crippen LogP contribution in [0.4, 0.5) is 4.39 Å². The topological polar surface area (TPSA) is 0 Å². The zero-order valence-electron chi connectivity index (χ0n) is 4.42. The van der Waals surface area contributed by atoms with E-state index in [1.54, 1.807) is 0 Å². The summed E-state index contributed by atoms with van der Waals surface area (Å²) in [5.74, 6) is 0. The van der Waals surface area contributed by atoms with Crippen LogP contribution < -0.4 is 0 Å². The van der Waals surface area contributed by atoms with E-state index >= 15 is 0 Å². The molecule has 0 spiro atoms. The SMILES string of the molecule is CC(C)F.[Cl][SnH2][Cl]. The van der Waals surface area contributed by atoms with Crippen LogP contribution in [0.3, 0.4) is 0 Å². The molecule has 0 unspecified atom stereocenters. The molecule has 0 radical (unpaired) electrons. The molecule has 0 aliphatic heterocycles. The van der Waals surface area contributed by atoms with Crippen molar-refractivity contribution in [2.45, 2.75) is 20.0 Å². The Balaban J connectivity index is 0. The molecule has 0 bridgehead atoms. The Kier molecular flexibility index (Phi) is 16.4. The van der Waals surface area contributed by atoms with Gasteiger partial charge in [-0.25, -0.2) is 4.39 Å². The minimum atomic E-state index is -1.07. The summed E-state index contributed by atoms with van der Waals surface area (Å²) in [4.78, 5) is 0. The third-order valence-corrected chi connectivity index (χ3v) is 0. The fraction of sp³-hybridized carbons (Fsp3) is 1.00. The summed E-state index contributed by atoms with van der Waals surface area (Å²) in [6.45, 7) is 3.00. The quantitative estimate of drug-likeness (QED) is 0.578. The summed E-state index contributed by atoms with van der Waals surface area (Å²) in [6.07, 6.45) is -0.667. The van der Waals surface area contributed by atoms with Crippen molar-refractivity contribution in [1.29, 1.82) is 0 Å². The summed E-state index contributed by atoms with van der Waals surface area (Å²) < 4.78 is 11.0. The van der Waals surface area contributed by atoms with Crippen LogP contribution >= 0.6 is 17.8 Å². The fourth-order valence-corrected chi connectivity index (χ4v) is 0. The normalized spacial score (nSPS) is 7.71. The van der Waals surface area contributed by atoms with E-state index in [2.05, 4.69) is 0 Å². The third kappa shape index (κ3) is 120. The maximum absolute atomic E-state index is 11.0. The maximum atomic E-state index is 11.0. The number of alkyl halides is 1. The molecular formula is C3H9Cl2FSn. The van der Waals surface area contributed by atoms with Gasteiger partial charge in [0.05, 0.1) is 6.17 Å². The van der Waals surface area contributed by atoms with E-state index in [1.165, 1.54) is 13.8 Å². The van der Waals surface area contributed by atoms with E-state index in [1.807, 2.05) is 0 Å². The van der Waals surface area contributed by atoms with E-state index < -0.39 is 25.1 Å². The van der Waals surface area contributed by atoms with Crippen molar-refractivity contribution in [3.8, 4) is 0 Å². The van der Waals surface area contributed by atoms with Gasteiger partial charge in [-0.05, 0) is 13.8 Å². The zero-order valence-corrected chi connectivity index (χ0v) is 9.97. The summed E-state index contributed by atoms with van der Waals surface area (Å²) in [5.41, 5.74) is 0. The van der Waals surface area contributed by atoms with Crippen LogP contribution in [-0.4, -0.2) is 25.1 Å². The molecule has 0 amide bonds. The van der Waals surface area contributed by atoms with Gasteiger partial charge in [0, 0.05) is 0 Å².